The molecule has 0 fully saturated rings. The highest BCUT2D eigenvalue weighted by Crippen LogP contribution is 2.03. The number of aromatic nitrogens is 2. The van der Waals surface area contributed by atoms with Gasteiger partial charge in [-0.15, -0.1) is 10.2 Å². The number of nitrogens with two attached hydrogens (primary N) is 1. The van der Waals surface area contributed by atoms with Crippen LogP contribution in [-0.2, 0) is 0 Å². The fourth-order valence-electron chi connectivity index (χ4n) is 0.462. The van der Waals surface area contributed by atoms with Gasteiger partial charge in [-0.1, -0.05) is 0 Å². The predicted molar refractivity (Wildman–Crippen MR) is 31.1 cm³/mol. The molecular weight excluding hydrogens is 121 g/mol. The Morgan fingerprint density at radius 2 is 2.22 bits per heavy atom. The summed E-state index contributed by atoms with van der Waals surface area (Å²) in [5.41, 5.74) is 5.86. The molecule has 2 N–H and O–H groups in total. The summed E-state index contributed by atoms with van der Waals surface area (Å²) in [5.74, 6) is -0.321. The Morgan fingerprint density at radius 1 is 1.56 bits per heavy atom. The summed E-state index contributed by atoms with van der Waals surface area (Å²) >= 11 is 0. The van der Waals surface area contributed by atoms with Gasteiger partial charge in [0.05, 0.1) is 0 Å². The minimum Gasteiger partial charge on any atom is -0.382 e. The molecule has 0 aliphatic heterocycles. The van der Waals surface area contributed by atoms with Crippen LogP contribution in [0.15, 0.2) is 6.07 Å². The molecule has 0 bridgehead atoms. The molecule has 0 atom stereocenters. The quantitative estimate of drug-likeness (QED) is 0.552. The van der Waals surface area contributed by atoms with Crippen LogP contribution in [0.2, 0.25) is 0 Å². The molecule has 0 spiro atoms. The molecule has 3 nitrogen and oxygen atoms in total. The molecule has 0 saturated carbocycles. The minimum atomic E-state index is -0.596. The van der Waals surface area contributed by atoms with Gasteiger partial charge in [0.25, 0.3) is 0 Å². The van der Waals surface area contributed by atoms with Gasteiger partial charge in [-0.25, -0.2) is 0 Å². The lowest BCUT2D eigenvalue weighted by molar-refractivity contribution is 0.563. The van der Waals surface area contributed by atoms with Crippen LogP contribution in [0.1, 0.15) is 5.56 Å². The zero-order valence-electron chi connectivity index (χ0n) is 4.93. The average Bonchev–Trinajstić information content (AvgIpc) is 1.80. The molecule has 4 heteroatoms. The highest BCUT2D eigenvalue weighted by molar-refractivity contribution is 5.35. The largest absolute Gasteiger partial charge is 0.382 e. The number of hydrogen-bond acceptors (Lipinski definition) is 3. The number of halogens is 1. The molecule has 1 heterocycles. The molecule has 0 radical (unpaired) electrons. The van der Waals surface area contributed by atoms with E-state index in [2.05, 4.69) is 10.2 Å². The first-order valence-electron chi connectivity index (χ1n) is 2.45. The lowest BCUT2D eigenvalue weighted by Crippen LogP contribution is -1.97. The van der Waals surface area contributed by atoms with Crippen LogP contribution in [0.25, 0.3) is 0 Å². The van der Waals surface area contributed by atoms with E-state index in [1.54, 1.807) is 6.92 Å². The van der Waals surface area contributed by atoms with Crippen molar-refractivity contribution in [3.05, 3.63) is 17.6 Å². The zero-order valence-corrected chi connectivity index (χ0v) is 4.93. The fraction of sp³-hybridized carbons (Fsp3) is 0.200. The normalized spacial score (nSPS) is 9.56. The maximum atomic E-state index is 12.1. The highest BCUT2D eigenvalue weighted by atomic mass is 19.1. The summed E-state index contributed by atoms with van der Waals surface area (Å²) in [6, 6.07) is 1.24. The van der Waals surface area contributed by atoms with E-state index in [1.807, 2.05) is 0 Å². The number of aryl methyl sites for hydroxylation is 1. The standard InChI is InChI=1S/C5H6FN3/c1-3-2-4(6)8-9-5(3)7/h2H,1H3,(H2,7,9). The molecule has 0 saturated heterocycles. The topological polar surface area (TPSA) is 51.8 Å². The molecule has 0 amide bonds. The average molecular weight is 127 g/mol. The summed E-state index contributed by atoms with van der Waals surface area (Å²) in [6.07, 6.45) is 0. The Morgan fingerprint density at radius 3 is 2.67 bits per heavy atom. The Hall–Kier alpha value is -1.19. The van der Waals surface area contributed by atoms with E-state index in [0.29, 0.717) is 5.56 Å². The Bertz CT molecular complexity index is 223. The Balaban J connectivity index is 3.17. The van der Waals surface area contributed by atoms with E-state index in [4.69, 9.17) is 5.73 Å². The number of nitrogen functional groups attached to an aromatic ring is 1. The van der Waals surface area contributed by atoms with Gasteiger partial charge >= 0.3 is 0 Å². The minimum absolute atomic E-state index is 0.274. The number of anilines is 1. The lowest BCUT2D eigenvalue weighted by Gasteiger charge is -1.93. The molecular formula is C5H6FN3. The maximum Gasteiger partial charge on any atom is 0.233 e. The van der Waals surface area contributed by atoms with Gasteiger partial charge in [-0.2, -0.15) is 4.39 Å². The maximum absolute atomic E-state index is 12.1. The molecule has 0 aliphatic rings. The van der Waals surface area contributed by atoms with Crippen molar-refractivity contribution in [3.63, 3.8) is 0 Å². The molecule has 48 valence electrons. The number of rotatable bonds is 0. The van der Waals surface area contributed by atoms with Crippen molar-refractivity contribution >= 4 is 5.82 Å². The summed E-state index contributed by atoms with van der Waals surface area (Å²) in [7, 11) is 0. The van der Waals surface area contributed by atoms with Crippen LogP contribution in [0.3, 0.4) is 0 Å². The van der Waals surface area contributed by atoms with Crippen LogP contribution in [-0.4, -0.2) is 10.2 Å². The van der Waals surface area contributed by atoms with E-state index >= 15 is 0 Å². The first kappa shape index (κ1) is 5.94. The summed E-state index contributed by atoms with van der Waals surface area (Å²) in [6.45, 7) is 1.67. The summed E-state index contributed by atoms with van der Waals surface area (Å²) in [5, 5.41) is 6.43. The fourth-order valence-corrected chi connectivity index (χ4v) is 0.462. The molecule has 1 aromatic rings. The van der Waals surface area contributed by atoms with Crippen molar-refractivity contribution in [1.82, 2.24) is 10.2 Å². The van der Waals surface area contributed by atoms with Crippen molar-refractivity contribution in [3.8, 4) is 0 Å². The SMILES string of the molecule is Cc1cc(F)nnc1N. The third-order valence-corrected chi connectivity index (χ3v) is 0.993. The van der Waals surface area contributed by atoms with Gasteiger partial charge in [0, 0.05) is 6.07 Å². The Labute approximate surface area is 51.7 Å². The van der Waals surface area contributed by atoms with Crippen LogP contribution in [0.5, 0.6) is 0 Å². The Kier molecular flexibility index (Phi) is 1.30. The summed E-state index contributed by atoms with van der Waals surface area (Å²) in [4.78, 5) is 0. The number of nitrogens with zero attached hydrogens (tertiary/aromatic N) is 2. The van der Waals surface area contributed by atoms with Crippen molar-refractivity contribution < 1.29 is 4.39 Å². The summed E-state index contributed by atoms with van der Waals surface area (Å²) < 4.78 is 12.1. The number of hydrogen-bond donors (Lipinski definition) is 1. The van der Waals surface area contributed by atoms with Gasteiger partial charge < -0.3 is 5.73 Å². The van der Waals surface area contributed by atoms with Gasteiger partial charge in [0.1, 0.15) is 5.82 Å². The predicted octanol–water partition coefficient (Wildman–Crippen LogP) is 0.506. The third kappa shape index (κ3) is 1.13. The van der Waals surface area contributed by atoms with E-state index in [-0.39, 0.29) is 5.82 Å². The van der Waals surface area contributed by atoms with Crippen molar-refractivity contribution in [2.24, 2.45) is 0 Å². The van der Waals surface area contributed by atoms with Crippen molar-refractivity contribution in [2.45, 2.75) is 6.92 Å². The highest BCUT2D eigenvalue weighted by Gasteiger charge is 1.95. The van der Waals surface area contributed by atoms with E-state index in [0.717, 1.165) is 0 Å². The van der Waals surface area contributed by atoms with Crippen LogP contribution in [0, 0.1) is 12.9 Å². The monoisotopic (exact) mass is 127 g/mol. The first-order valence-corrected chi connectivity index (χ1v) is 2.45. The molecule has 9 heavy (non-hydrogen) atoms. The molecule has 1 rings (SSSR count). The van der Waals surface area contributed by atoms with Crippen LogP contribution >= 0.6 is 0 Å². The second kappa shape index (κ2) is 1.97. The van der Waals surface area contributed by atoms with Gasteiger partial charge in [-0.3, -0.25) is 0 Å². The van der Waals surface area contributed by atoms with Crippen molar-refractivity contribution in [2.75, 3.05) is 5.73 Å². The van der Waals surface area contributed by atoms with Gasteiger partial charge in [-0.05, 0) is 12.5 Å². The van der Waals surface area contributed by atoms with Crippen molar-refractivity contribution in [1.29, 1.82) is 0 Å². The van der Waals surface area contributed by atoms with E-state index in [1.165, 1.54) is 6.07 Å². The molecule has 0 aliphatic carbocycles. The smallest absolute Gasteiger partial charge is 0.233 e. The van der Waals surface area contributed by atoms with Crippen LogP contribution in [0.4, 0.5) is 10.2 Å². The van der Waals surface area contributed by atoms with Gasteiger partial charge in [0.2, 0.25) is 5.95 Å². The molecule has 0 unspecified atom stereocenters. The van der Waals surface area contributed by atoms with E-state index < -0.39 is 5.95 Å². The van der Waals surface area contributed by atoms with Gasteiger partial charge in [0.15, 0.2) is 0 Å². The van der Waals surface area contributed by atoms with Crippen LogP contribution < -0.4 is 5.73 Å². The lowest BCUT2D eigenvalue weighted by atomic mass is 10.3. The molecule has 0 aromatic carbocycles. The second-order valence-electron chi connectivity index (χ2n) is 1.74. The first-order chi connectivity index (χ1) is 4.20. The van der Waals surface area contributed by atoms with E-state index in [9.17, 15) is 4.39 Å². The third-order valence-electron chi connectivity index (χ3n) is 0.993. The zero-order chi connectivity index (χ0) is 6.85. The second-order valence-corrected chi connectivity index (χ2v) is 1.74. The molecule has 1 aromatic heterocycles.